The highest BCUT2D eigenvalue weighted by atomic mass is 15.1. The Kier molecular flexibility index (Phi) is 2.24. The van der Waals surface area contributed by atoms with Crippen molar-refractivity contribution in [1.82, 2.24) is 19.5 Å². The number of hydrogen-bond acceptors (Lipinski definition) is 5. The van der Waals surface area contributed by atoms with Crippen LogP contribution >= 0.6 is 0 Å². The van der Waals surface area contributed by atoms with E-state index in [9.17, 15) is 0 Å². The van der Waals surface area contributed by atoms with Crippen molar-refractivity contribution in [2.24, 2.45) is 0 Å². The number of nitrogens with zero attached hydrogens (tertiary/aromatic N) is 4. The lowest BCUT2D eigenvalue weighted by Crippen LogP contribution is -2.03. The second-order valence-electron chi connectivity index (χ2n) is 3.07. The van der Waals surface area contributed by atoms with Crippen molar-refractivity contribution in [3.63, 3.8) is 0 Å². The van der Waals surface area contributed by atoms with Crippen molar-refractivity contribution in [3.05, 3.63) is 18.5 Å². The minimum atomic E-state index is 0.163. The molecule has 0 saturated heterocycles. The minimum absolute atomic E-state index is 0.163. The highest BCUT2D eigenvalue weighted by Crippen LogP contribution is 2.17. The summed E-state index contributed by atoms with van der Waals surface area (Å²) >= 11 is 0. The van der Waals surface area contributed by atoms with E-state index in [0.29, 0.717) is 11.5 Å². The van der Waals surface area contributed by atoms with Crippen LogP contribution in [-0.4, -0.2) is 19.5 Å². The van der Waals surface area contributed by atoms with Gasteiger partial charge in [0.25, 0.3) is 0 Å². The number of anilines is 2. The molecule has 0 saturated carbocycles. The molecule has 2 rings (SSSR count). The summed E-state index contributed by atoms with van der Waals surface area (Å²) in [5.41, 5.74) is 11.8. The van der Waals surface area contributed by atoms with Crippen molar-refractivity contribution >= 4 is 11.8 Å². The lowest BCUT2D eigenvalue weighted by molar-refractivity contribution is 0.768. The van der Waals surface area contributed by atoms with Gasteiger partial charge in [-0.15, -0.1) is 0 Å². The molecule has 0 unspecified atom stereocenters. The summed E-state index contributed by atoms with van der Waals surface area (Å²) in [6.45, 7) is 2.85. The van der Waals surface area contributed by atoms with Gasteiger partial charge >= 0.3 is 0 Å². The summed E-state index contributed by atoms with van der Waals surface area (Å²) in [6.07, 6.45) is 3.59. The molecule has 2 heterocycles. The van der Waals surface area contributed by atoms with Crippen LogP contribution in [0.1, 0.15) is 6.92 Å². The maximum absolute atomic E-state index is 5.59. The molecule has 0 aliphatic rings. The van der Waals surface area contributed by atoms with Crippen LogP contribution in [0, 0.1) is 0 Å². The van der Waals surface area contributed by atoms with Crippen LogP contribution < -0.4 is 11.5 Å². The maximum atomic E-state index is 5.59. The van der Waals surface area contributed by atoms with Crippen LogP contribution in [0.15, 0.2) is 18.5 Å². The highest BCUT2D eigenvalue weighted by molar-refractivity contribution is 5.56. The van der Waals surface area contributed by atoms with E-state index in [1.807, 2.05) is 17.7 Å². The topological polar surface area (TPSA) is 95.6 Å². The van der Waals surface area contributed by atoms with E-state index in [-0.39, 0.29) is 5.95 Å². The average molecular weight is 204 g/mol. The third kappa shape index (κ3) is 1.74. The Hall–Kier alpha value is -2.11. The molecule has 4 N–H and O–H groups in total. The lowest BCUT2D eigenvalue weighted by atomic mass is 10.3. The second kappa shape index (κ2) is 3.56. The molecule has 0 fully saturated rings. The summed E-state index contributed by atoms with van der Waals surface area (Å²) in [7, 11) is 0. The molecule has 2 aromatic rings. The van der Waals surface area contributed by atoms with Gasteiger partial charge in [-0.25, -0.2) is 9.97 Å². The van der Waals surface area contributed by atoms with Crippen molar-refractivity contribution in [2.75, 3.05) is 11.5 Å². The standard InChI is InChI=1S/C9H12N6/c1-2-15-4-3-12-8(15)6-5-7(10)14-9(11)13-6/h3-5H,2H2,1H3,(H4,10,11,13,14). The predicted octanol–water partition coefficient (Wildman–Crippen LogP) is 0.524. The largest absolute Gasteiger partial charge is 0.384 e. The number of imidazole rings is 1. The van der Waals surface area contributed by atoms with Gasteiger partial charge in [0.1, 0.15) is 11.5 Å². The fraction of sp³-hybridized carbons (Fsp3) is 0.222. The Balaban J connectivity index is 2.53. The maximum Gasteiger partial charge on any atom is 0.222 e. The van der Waals surface area contributed by atoms with Crippen molar-refractivity contribution in [3.8, 4) is 11.5 Å². The monoisotopic (exact) mass is 204 g/mol. The molecule has 6 heteroatoms. The van der Waals surface area contributed by atoms with Gasteiger partial charge in [-0.05, 0) is 6.92 Å². The van der Waals surface area contributed by atoms with E-state index in [2.05, 4.69) is 15.0 Å². The molecule has 0 bridgehead atoms. The molecule has 0 amide bonds. The average Bonchev–Trinajstić information content (AvgIpc) is 2.63. The number of nitrogens with two attached hydrogens (primary N) is 2. The van der Waals surface area contributed by atoms with E-state index in [1.165, 1.54) is 0 Å². The van der Waals surface area contributed by atoms with Crippen LogP contribution in [0.5, 0.6) is 0 Å². The first kappa shape index (κ1) is 9.45. The zero-order valence-corrected chi connectivity index (χ0v) is 8.38. The Morgan fingerprint density at radius 1 is 1.33 bits per heavy atom. The molecular weight excluding hydrogens is 192 g/mol. The van der Waals surface area contributed by atoms with Crippen LogP contribution in [0.3, 0.4) is 0 Å². The van der Waals surface area contributed by atoms with Gasteiger partial charge in [-0.3, -0.25) is 0 Å². The predicted molar refractivity (Wildman–Crippen MR) is 57.8 cm³/mol. The minimum Gasteiger partial charge on any atom is -0.384 e. The van der Waals surface area contributed by atoms with Gasteiger partial charge < -0.3 is 16.0 Å². The van der Waals surface area contributed by atoms with E-state index in [0.717, 1.165) is 12.4 Å². The Bertz CT molecular complexity index is 455. The summed E-state index contributed by atoms with van der Waals surface area (Å²) in [4.78, 5) is 12.1. The van der Waals surface area contributed by atoms with Crippen molar-refractivity contribution in [2.45, 2.75) is 13.5 Å². The third-order valence-corrected chi connectivity index (χ3v) is 2.05. The molecule has 0 aliphatic carbocycles. The molecule has 2 aromatic heterocycles. The molecule has 0 aromatic carbocycles. The van der Waals surface area contributed by atoms with Gasteiger partial charge in [0.2, 0.25) is 5.95 Å². The smallest absolute Gasteiger partial charge is 0.222 e. The summed E-state index contributed by atoms with van der Waals surface area (Å²) < 4.78 is 1.96. The Labute approximate surface area is 87.0 Å². The fourth-order valence-electron chi connectivity index (χ4n) is 1.40. The number of aryl methyl sites for hydroxylation is 1. The number of aromatic nitrogens is 4. The van der Waals surface area contributed by atoms with Crippen molar-refractivity contribution < 1.29 is 0 Å². The molecule has 15 heavy (non-hydrogen) atoms. The van der Waals surface area contributed by atoms with Crippen LogP contribution in [-0.2, 0) is 6.54 Å². The van der Waals surface area contributed by atoms with Gasteiger partial charge in [0.15, 0.2) is 5.82 Å². The lowest BCUT2D eigenvalue weighted by Gasteiger charge is -2.04. The van der Waals surface area contributed by atoms with Gasteiger partial charge in [0.05, 0.1) is 0 Å². The van der Waals surface area contributed by atoms with Gasteiger partial charge in [0, 0.05) is 25.0 Å². The number of hydrogen-bond donors (Lipinski definition) is 2. The first-order valence-corrected chi connectivity index (χ1v) is 4.62. The number of rotatable bonds is 2. The van der Waals surface area contributed by atoms with Crippen LogP contribution in [0.4, 0.5) is 11.8 Å². The van der Waals surface area contributed by atoms with Gasteiger partial charge in [-0.2, -0.15) is 4.98 Å². The Morgan fingerprint density at radius 2 is 2.13 bits per heavy atom. The van der Waals surface area contributed by atoms with E-state index in [4.69, 9.17) is 11.5 Å². The number of nitrogen functional groups attached to an aromatic ring is 2. The second-order valence-corrected chi connectivity index (χ2v) is 3.07. The van der Waals surface area contributed by atoms with Crippen molar-refractivity contribution in [1.29, 1.82) is 0 Å². The SMILES string of the molecule is CCn1ccnc1-c1cc(N)nc(N)n1. The molecule has 0 atom stereocenters. The summed E-state index contributed by atoms with van der Waals surface area (Å²) in [6, 6.07) is 1.66. The quantitative estimate of drug-likeness (QED) is 0.743. The Morgan fingerprint density at radius 3 is 2.80 bits per heavy atom. The molecule has 0 aliphatic heterocycles. The first-order valence-electron chi connectivity index (χ1n) is 4.62. The van der Waals surface area contributed by atoms with E-state index in [1.54, 1.807) is 12.3 Å². The molecule has 6 nitrogen and oxygen atoms in total. The summed E-state index contributed by atoms with van der Waals surface area (Å²) in [5, 5.41) is 0. The third-order valence-electron chi connectivity index (χ3n) is 2.05. The molecule has 78 valence electrons. The molecule has 0 radical (unpaired) electrons. The zero-order chi connectivity index (χ0) is 10.8. The highest BCUT2D eigenvalue weighted by Gasteiger charge is 2.08. The first-order chi connectivity index (χ1) is 7.20. The summed E-state index contributed by atoms with van der Waals surface area (Å²) in [5.74, 6) is 1.26. The normalized spacial score (nSPS) is 10.5. The fourth-order valence-corrected chi connectivity index (χ4v) is 1.40. The zero-order valence-electron chi connectivity index (χ0n) is 8.38. The van der Waals surface area contributed by atoms with Crippen LogP contribution in [0.25, 0.3) is 11.5 Å². The van der Waals surface area contributed by atoms with Gasteiger partial charge in [-0.1, -0.05) is 0 Å². The molecular formula is C9H12N6. The molecule has 0 spiro atoms. The van der Waals surface area contributed by atoms with E-state index >= 15 is 0 Å². The van der Waals surface area contributed by atoms with Crippen LogP contribution in [0.2, 0.25) is 0 Å². The van der Waals surface area contributed by atoms with E-state index < -0.39 is 0 Å².